The van der Waals surface area contributed by atoms with Crippen molar-refractivity contribution in [1.29, 1.82) is 0 Å². The molecule has 0 amide bonds. The SMILES string of the molecule is NCCCNc1nc(=O)[nH]c2nc[nH]c12. The van der Waals surface area contributed by atoms with Crippen molar-refractivity contribution in [2.45, 2.75) is 6.42 Å². The van der Waals surface area contributed by atoms with Crippen molar-refractivity contribution >= 4 is 17.0 Å². The minimum Gasteiger partial charge on any atom is -0.368 e. The fraction of sp³-hybridized carbons (Fsp3) is 0.375. The summed E-state index contributed by atoms with van der Waals surface area (Å²) in [5.74, 6) is 0.514. The minimum absolute atomic E-state index is 0.412. The fourth-order valence-electron chi connectivity index (χ4n) is 1.29. The van der Waals surface area contributed by atoms with E-state index in [1.165, 1.54) is 6.33 Å². The van der Waals surface area contributed by atoms with Crippen LogP contribution in [0, 0.1) is 0 Å². The van der Waals surface area contributed by atoms with Crippen molar-refractivity contribution in [2.24, 2.45) is 5.73 Å². The molecule has 0 saturated heterocycles. The molecule has 0 fully saturated rings. The number of aromatic nitrogens is 4. The fourth-order valence-corrected chi connectivity index (χ4v) is 1.29. The molecular formula is C8H12N6O. The number of anilines is 1. The first kappa shape index (κ1) is 9.66. The van der Waals surface area contributed by atoms with E-state index in [9.17, 15) is 4.79 Å². The first-order valence-electron chi connectivity index (χ1n) is 4.68. The molecule has 0 aliphatic rings. The van der Waals surface area contributed by atoms with Gasteiger partial charge in [-0.2, -0.15) is 4.98 Å². The number of nitrogens with one attached hydrogen (secondary N) is 3. The van der Waals surface area contributed by atoms with Crippen LogP contribution in [0.3, 0.4) is 0 Å². The van der Waals surface area contributed by atoms with E-state index in [1.54, 1.807) is 0 Å². The van der Waals surface area contributed by atoms with Gasteiger partial charge in [0.05, 0.1) is 6.33 Å². The number of H-pyrrole nitrogens is 2. The Morgan fingerprint density at radius 2 is 2.40 bits per heavy atom. The van der Waals surface area contributed by atoms with Crippen molar-refractivity contribution in [3.63, 3.8) is 0 Å². The molecule has 15 heavy (non-hydrogen) atoms. The van der Waals surface area contributed by atoms with Crippen LogP contribution in [0.5, 0.6) is 0 Å². The van der Waals surface area contributed by atoms with Crippen LogP contribution in [0.4, 0.5) is 5.82 Å². The van der Waals surface area contributed by atoms with E-state index < -0.39 is 5.69 Å². The summed E-state index contributed by atoms with van der Waals surface area (Å²) in [5.41, 5.74) is 6.16. The molecule has 0 aromatic carbocycles. The largest absolute Gasteiger partial charge is 0.368 e. The average Bonchev–Trinajstić information content (AvgIpc) is 2.65. The van der Waals surface area contributed by atoms with Crippen molar-refractivity contribution in [3.8, 4) is 0 Å². The minimum atomic E-state index is -0.412. The predicted molar refractivity (Wildman–Crippen MR) is 56.7 cm³/mol. The highest BCUT2D eigenvalue weighted by Gasteiger charge is 2.05. The number of rotatable bonds is 4. The molecule has 0 bridgehead atoms. The van der Waals surface area contributed by atoms with Gasteiger partial charge < -0.3 is 16.0 Å². The maximum Gasteiger partial charge on any atom is 0.348 e. The maximum absolute atomic E-state index is 11.1. The average molecular weight is 208 g/mol. The van der Waals surface area contributed by atoms with Gasteiger partial charge in [0.2, 0.25) is 0 Å². The molecule has 5 N–H and O–H groups in total. The van der Waals surface area contributed by atoms with Crippen molar-refractivity contribution < 1.29 is 0 Å². The molecule has 7 nitrogen and oxygen atoms in total. The first-order valence-corrected chi connectivity index (χ1v) is 4.68. The highest BCUT2D eigenvalue weighted by molar-refractivity contribution is 5.81. The summed E-state index contributed by atoms with van der Waals surface area (Å²) in [4.78, 5) is 24.3. The summed E-state index contributed by atoms with van der Waals surface area (Å²) in [7, 11) is 0. The van der Waals surface area contributed by atoms with Gasteiger partial charge in [-0.15, -0.1) is 0 Å². The lowest BCUT2D eigenvalue weighted by atomic mass is 10.4. The lowest BCUT2D eigenvalue weighted by molar-refractivity contribution is 0.869. The summed E-state index contributed by atoms with van der Waals surface area (Å²) in [6, 6.07) is 0. The van der Waals surface area contributed by atoms with Crippen LogP contribution in [0.2, 0.25) is 0 Å². The van der Waals surface area contributed by atoms with Gasteiger partial charge in [-0.3, -0.25) is 4.98 Å². The quantitative estimate of drug-likeness (QED) is 0.501. The molecule has 0 saturated carbocycles. The van der Waals surface area contributed by atoms with E-state index in [-0.39, 0.29) is 0 Å². The summed E-state index contributed by atoms with van der Waals surface area (Å²) in [6.07, 6.45) is 2.33. The lowest BCUT2D eigenvalue weighted by Gasteiger charge is -2.03. The molecular weight excluding hydrogens is 196 g/mol. The molecule has 2 aromatic rings. The molecule has 7 heteroatoms. The van der Waals surface area contributed by atoms with Gasteiger partial charge >= 0.3 is 5.69 Å². The normalized spacial score (nSPS) is 10.7. The third-order valence-electron chi connectivity index (χ3n) is 1.99. The molecule has 2 aromatic heterocycles. The Bertz CT molecular complexity index is 501. The Kier molecular flexibility index (Phi) is 2.64. The van der Waals surface area contributed by atoms with Gasteiger partial charge in [-0.1, -0.05) is 0 Å². The van der Waals surface area contributed by atoms with E-state index >= 15 is 0 Å². The van der Waals surface area contributed by atoms with E-state index in [0.717, 1.165) is 6.42 Å². The third-order valence-corrected chi connectivity index (χ3v) is 1.99. The van der Waals surface area contributed by atoms with E-state index in [0.29, 0.717) is 30.1 Å². The van der Waals surface area contributed by atoms with E-state index in [1.807, 2.05) is 0 Å². The van der Waals surface area contributed by atoms with Crippen LogP contribution in [-0.4, -0.2) is 33.0 Å². The number of hydrogen-bond donors (Lipinski definition) is 4. The second kappa shape index (κ2) is 4.09. The molecule has 0 radical (unpaired) electrons. The van der Waals surface area contributed by atoms with Gasteiger partial charge in [-0.05, 0) is 13.0 Å². The van der Waals surface area contributed by atoms with Crippen molar-refractivity contribution in [1.82, 2.24) is 19.9 Å². The Morgan fingerprint density at radius 3 is 3.20 bits per heavy atom. The van der Waals surface area contributed by atoms with Crippen LogP contribution in [0.25, 0.3) is 11.2 Å². The summed E-state index contributed by atoms with van der Waals surface area (Å²) < 4.78 is 0. The van der Waals surface area contributed by atoms with Gasteiger partial charge in [-0.25, -0.2) is 9.78 Å². The third kappa shape index (κ3) is 1.96. The standard InChI is InChI=1S/C8H12N6O/c9-2-1-3-10-6-5-7(12-4-11-5)14-8(15)13-6/h4H,1-3,9H2,(H3,10,11,12,13,14,15). The molecule has 0 aliphatic heterocycles. The van der Waals surface area contributed by atoms with Crippen LogP contribution in [0.1, 0.15) is 6.42 Å². The van der Waals surface area contributed by atoms with Crippen molar-refractivity contribution in [3.05, 3.63) is 16.8 Å². The molecule has 2 rings (SSSR count). The van der Waals surface area contributed by atoms with Gasteiger partial charge in [0, 0.05) is 6.54 Å². The molecule has 0 atom stereocenters. The summed E-state index contributed by atoms with van der Waals surface area (Å²) in [5, 5.41) is 3.03. The Hall–Kier alpha value is -1.89. The predicted octanol–water partition coefficient (Wildman–Crippen LogP) is -0.593. The zero-order chi connectivity index (χ0) is 10.7. The Labute approximate surface area is 85.1 Å². The second-order valence-electron chi connectivity index (χ2n) is 3.09. The summed E-state index contributed by atoms with van der Waals surface area (Å²) >= 11 is 0. The maximum atomic E-state index is 11.1. The number of nitrogens with zero attached hydrogens (tertiary/aromatic N) is 2. The van der Waals surface area contributed by atoms with E-state index in [4.69, 9.17) is 5.73 Å². The highest BCUT2D eigenvalue weighted by Crippen LogP contribution is 2.12. The number of imidazole rings is 1. The lowest BCUT2D eigenvalue weighted by Crippen LogP contribution is -2.16. The van der Waals surface area contributed by atoms with Gasteiger partial charge in [0.15, 0.2) is 11.5 Å². The van der Waals surface area contributed by atoms with Crippen LogP contribution in [-0.2, 0) is 0 Å². The number of hydrogen-bond acceptors (Lipinski definition) is 5. The molecule has 0 unspecified atom stereocenters. The molecule has 0 spiro atoms. The Balaban J connectivity index is 2.32. The molecule has 80 valence electrons. The zero-order valence-electron chi connectivity index (χ0n) is 8.08. The monoisotopic (exact) mass is 208 g/mol. The van der Waals surface area contributed by atoms with Crippen molar-refractivity contribution in [2.75, 3.05) is 18.4 Å². The smallest absolute Gasteiger partial charge is 0.348 e. The van der Waals surface area contributed by atoms with E-state index in [2.05, 4.69) is 25.3 Å². The second-order valence-corrected chi connectivity index (χ2v) is 3.09. The number of fused-ring (bicyclic) bond motifs is 1. The molecule has 2 heterocycles. The van der Waals surface area contributed by atoms with Crippen LogP contribution >= 0.6 is 0 Å². The number of nitrogens with two attached hydrogens (primary N) is 1. The highest BCUT2D eigenvalue weighted by atomic mass is 16.1. The first-order chi connectivity index (χ1) is 7.31. The topological polar surface area (TPSA) is 112 Å². The zero-order valence-corrected chi connectivity index (χ0v) is 8.08. The van der Waals surface area contributed by atoms with Gasteiger partial charge in [0.1, 0.15) is 5.52 Å². The van der Waals surface area contributed by atoms with Crippen LogP contribution < -0.4 is 16.7 Å². The van der Waals surface area contributed by atoms with Crippen LogP contribution in [0.15, 0.2) is 11.1 Å². The molecule has 0 aliphatic carbocycles. The number of aromatic amines is 2. The van der Waals surface area contributed by atoms with Gasteiger partial charge in [0.25, 0.3) is 0 Å². The summed E-state index contributed by atoms with van der Waals surface area (Å²) in [6.45, 7) is 1.28. The Morgan fingerprint density at radius 1 is 1.53 bits per heavy atom.